The van der Waals surface area contributed by atoms with Crippen molar-refractivity contribution in [2.24, 2.45) is 0 Å². The van der Waals surface area contributed by atoms with Crippen LogP contribution in [0.5, 0.6) is 0 Å². The fraction of sp³-hybridized carbons (Fsp3) is 0.364. The number of hydrogen-bond donors (Lipinski definition) is 2. The summed E-state index contributed by atoms with van der Waals surface area (Å²) in [4.78, 5) is 10.4. The lowest BCUT2D eigenvalue weighted by Gasteiger charge is -2.07. The van der Waals surface area contributed by atoms with Gasteiger partial charge in [-0.25, -0.2) is 4.79 Å². The van der Waals surface area contributed by atoms with E-state index in [2.05, 4.69) is 0 Å². The summed E-state index contributed by atoms with van der Waals surface area (Å²) in [7, 11) is 0. The number of aryl methyl sites for hydroxylation is 2. The molecule has 0 radical (unpaired) electrons. The Kier molecular flexibility index (Phi) is 3.65. The lowest BCUT2D eigenvalue weighted by Crippen LogP contribution is -2.20. The van der Waals surface area contributed by atoms with E-state index in [1.807, 2.05) is 31.2 Å². The fourth-order valence-electron chi connectivity index (χ4n) is 1.31. The van der Waals surface area contributed by atoms with Gasteiger partial charge >= 0.3 is 5.97 Å². The molecule has 1 atom stereocenters. The van der Waals surface area contributed by atoms with Gasteiger partial charge in [0.2, 0.25) is 0 Å². The molecule has 1 unspecified atom stereocenters. The Morgan fingerprint density at radius 1 is 1.43 bits per heavy atom. The summed E-state index contributed by atoms with van der Waals surface area (Å²) in [5.41, 5.74) is 2.22. The second-order valence-electron chi connectivity index (χ2n) is 3.32. The first-order valence-corrected chi connectivity index (χ1v) is 4.56. The molecule has 0 aromatic heterocycles. The average Bonchev–Trinajstić information content (AvgIpc) is 2.16. The van der Waals surface area contributed by atoms with Crippen molar-refractivity contribution in [1.29, 1.82) is 0 Å². The van der Waals surface area contributed by atoms with Gasteiger partial charge in [0.25, 0.3) is 0 Å². The van der Waals surface area contributed by atoms with Gasteiger partial charge in [0.05, 0.1) is 0 Å². The molecular formula is C11H14O3. The van der Waals surface area contributed by atoms with Gasteiger partial charge in [-0.2, -0.15) is 0 Å². The molecule has 0 aliphatic rings. The molecule has 1 aromatic rings. The Morgan fingerprint density at radius 3 is 2.64 bits per heavy atom. The molecular weight excluding hydrogens is 180 g/mol. The number of carboxylic acid groups (broad SMARTS) is 1. The van der Waals surface area contributed by atoms with Gasteiger partial charge in [0.1, 0.15) is 0 Å². The zero-order chi connectivity index (χ0) is 10.6. The van der Waals surface area contributed by atoms with Crippen LogP contribution >= 0.6 is 0 Å². The monoisotopic (exact) mass is 194 g/mol. The van der Waals surface area contributed by atoms with Crippen LogP contribution < -0.4 is 0 Å². The number of aliphatic carboxylic acids is 1. The Morgan fingerprint density at radius 2 is 2.07 bits per heavy atom. The van der Waals surface area contributed by atoms with Crippen molar-refractivity contribution >= 4 is 5.97 Å². The molecule has 2 N–H and O–H groups in total. The molecule has 0 heterocycles. The molecule has 3 nitrogen and oxygen atoms in total. The van der Waals surface area contributed by atoms with Crippen LogP contribution in [0.2, 0.25) is 0 Å². The van der Waals surface area contributed by atoms with Crippen LogP contribution in [0.3, 0.4) is 0 Å². The summed E-state index contributed by atoms with van der Waals surface area (Å²) < 4.78 is 0. The number of carbonyl (C=O) groups is 1. The summed E-state index contributed by atoms with van der Waals surface area (Å²) in [6.07, 6.45) is -0.394. The number of benzene rings is 1. The van der Waals surface area contributed by atoms with Crippen molar-refractivity contribution in [3.05, 3.63) is 35.4 Å². The molecule has 0 bridgehead atoms. The highest BCUT2D eigenvalue weighted by molar-refractivity contribution is 5.71. The molecule has 3 heteroatoms. The van der Waals surface area contributed by atoms with E-state index in [4.69, 9.17) is 10.2 Å². The summed E-state index contributed by atoms with van der Waals surface area (Å²) in [6.45, 7) is 1.97. The van der Waals surface area contributed by atoms with Gasteiger partial charge in [-0.05, 0) is 30.9 Å². The van der Waals surface area contributed by atoms with E-state index >= 15 is 0 Å². The zero-order valence-electron chi connectivity index (χ0n) is 8.10. The molecule has 1 aromatic carbocycles. The molecule has 0 fully saturated rings. The van der Waals surface area contributed by atoms with Gasteiger partial charge in [-0.1, -0.05) is 24.3 Å². The third kappa shape index (κ3) is 2.85. The van der Waals surface area contributed by atoms with Crippen LogP contribution in [0.1, 0.15) is 17.5 Å². The topological polar surface area (TPSA) is 57.5 Å². The maximum Gasteiger partial charge on any atom is 0.332 e. The second-order valence-corrected chi connectivity index (χ2v) is 3.32. The van der Waals surface area contributed by atoms with E-state index in [1.165, 1.54) is 0 Å². The van der Waals surface area contributed by atoms with Crippen LogP contribution in [0, 0.1) is 6.92 Å². The molecule has 0 aliphatic heterocycles. The first-order chi connectivity index (χ1) is 6.61. The number of aliphatic hydroxyl groups excluding tert-OH is 1. The van der Waals surface area contributed by atoms with Crippen molar-refractivity contribution in [1.82, 2.24) is 0 Å². The molecule has 0 spiro atoms. The summed E-state index contributed by atoms with van der Waals surface area (Å²) >= 11 is 0. The number of hydrogen-bond acceptors (Lipinski definition) is 2. The van der Waals surface area contributed by atoms with Crippen LogP contribution in [-0.2, 0) is 11.2 Å². The third-order valence-electron chi connectivity index (χ3n) is 2.23. The summed E-state index contributed by atoms with van der Waals surface area (Å²) in [5, 5.41) is 17.6. The Balaban J connectivity index is 2.54. The fourth-order valence-corrected chi connectivity index (χ4v) is 1.31. The van der Waals surface area contributed by atoms with Crippen LogP contribution in [0.15, 0.2) is 24.3 Å². The quantitative estimate of drug-likeness (QED) is 0.761. The van der Waals surface area contributed by atoms with Crippen LogP contribution in [0.4, 0.5) is 0 Å². The Bertz CT molecular complexity index is 320. The minimum Gasteiger partial charge on any atom is -0.479 e. The minimum atomic E-state index is -1.25. The Labute approximate surface area is 83.0 Å². The maximum atomic E-state index is 10.4. The lowest BCUT2D eigenvalue weighted by molar-refractivity contribution is -0.146. The average molecular weight is 194 g/mol. The van der Waals surface area contributed by atoms with E-state index in [0.717, 1.165) is 11.1 Å². The van der Waals surface area contributed by atoms with Crippen molar-refractivity contribution in [3.63, 3.8) is 0 Å². The normalized spacial score (nSPS) is 12.4. The van der Waals surface area contributed by atoms with Crippen LogP contribution in [0.25, 0.3) is 0 Å². The molecule has 14 heavy (non-hydrogen) atoms. The van der Waals surface area contributed by atoms with Crippen molar-refractivity contribution in [2.45, 2.75) is 25.9 Å². The highest BCUT2D eigenvalue weighted by Crippen LogP contribution is 2.10. The molecule has 76 valence electrons. The highest BCUT2D eigenvalue weighted by atomic mass is 16.4. The molecule has 0 amide bonds. The van der Waals surface area contributed by atoms with Gasteiger partial charge in [-0.15, -0.1) is 0 Å². The van der Waals surface area contributed by atoms with Gasteiger partial charge in [0.15, 0.2) is 6.10 Å². The predicted octanol–water partition coefficient (Wildman–Crippen LogP) is 1.37. The van der Waals surface area contributed by atoms with E-state index in [9.17, 15) is 4.79 Å². The number of rotatable bonds is 4. The first kappa shape index (κ1) is 10.7. The van der Waals surface area contributed by atoms with Gasteiger partial charge < -0.3 is 10.2 Å². The van der Waals surface area contributed by atoms with Gasteiger partial charge in [-0.3, -0.25) is 0 Å². The standard InChI is InChI=1S/C11H14O3/c1-8-4-2-3-5-9(8)6-7-10(12)11(13)14/h2-5,10,12H,6-7H2,1H3,(H,13,14). The van der Waals surface area contributed by atoms with E-state index < -0.39 is 12.1 Å². The maximum absolute atomic E-state index is 10.4. The Hall–Kier alpha value is -1.35. The number of aliphatic hydroxyl groups is 1. The SMILES string of the molecule is Cc1ccccc1CCC(O)C(=O)O. The molecule has 0 saturated heterocycles. The number of carboxylic acids is 1. The molecule has 0 saturated carbocycles. The van der Waals surface area contributed by atoms with Crippen molar-refractivity contribution in [2.75, 3.05) is 0 Å². The van der Waals surface area contributed by atoms with Gasteiger partial charge in [0, 0.05) is 0 Å². The zero-order valence-corrected chi connectivity index (χ0v) is 8.10. The second kappa shape index (κ2) is 4.77. The highest BCUT2D eigenvalue weighted by Gasteiger charge is 2.12. The van der Waals surface area contributed by atoms with E-state index in [0.29, 0.717) is 6.42 Å². The largest absolute Gasteiger partial charge is 0.479 e. The van der Waals surface area contributed by atoms with E-state index in [1.54, 1.807) is 0 Å². The lowest BCUT2D eigenvalue weighted by atomic mass is 10.0. The third-order valence-corrected chi connectivity index (χ3v) is 2.23. The summed E-state index contributed by atoms with van der Waals surface area (Å²) in [6, 6.07) is 7.77. The summed E-state index contributed by atoms with van der Waals surface area (Å²) in [5.74, 6) is -1.15. The van der Waals surface area contributed by atoms with Crippen molar-refractivity contribution in [3.8, 4) is 0 Å². The predicted molar refractivity (Wildman–Crippen MR) is 53.1 cm³/mol. The van der Waals surface area contributed by atoms with E-state index in [-0.39, 0.29) is 6.42 Å². The van der Waals surface area contributed by atoms with Crippen LogP contribution in [-0.4, -0.2) is 22.3 Å². The molecule has 1 rings (SSSR count). The smallest absolute Gasteiger partial charge is 0.332 e. The van der Waals surface area contributed by atoms with Crippen molar-refractivity contribution < 1.29 is 15.0 Å². The molecule has 0 aliphatic carbocycles. The minimum absolute atomic E-state index is 0.264. The first-order valence-electron chi connectivity index (χ1n) is 4.56.